The van der Waals surface area contributed by atoms with Gasteiger partial charge in [-0.1, -0.05) is 65.2 Å². The number of hydrogen-bond acceptors (Lipinski definition) is 2. The second kappa shape index (κ2) is 9.80. The maximum atomic E-state index is 5.78. The lowest BCUT2D eigenvalue weighted by molar-refractivity contribution is 0.200. The zero-order chi connectivity index (χ0) is 13.2. The minimum Gasteiger partial charge on any atom is -0.271 e. The van der Waals surface area contributed by atoms with Gasteiger partial charge in [0.1, 0.15) is 0 Å². The maximum Gasteiger partial charge on any atom is 0.0238 e. The fourth-order valence-electron chi connectivity index (χ4n) is 3.49. The highest BCUT2D eigenvalue weighted by molar-refractivity contribution is 4.81. The van der Waals surface area contributed by atoms with Crippen LogP contribution < -0.4 is 11.3 Å². The van der Waals surface area contributed by atoms with Crippen molar-refractivity contribution in [2.45, 2.75) is 90.5 Å². The van der Waals surface area contributed by atoms with Crippen molar-refractivity contribution in [3.8, 4) is 0 Å². The van der Waals surface area contributed by atoms with Crippen LogP contribution in [-0.2, 0) is 0 Å². The molecule has 1 aliphatic rings. The summed E-state index contributed by atoms with van der Waals surface area (Å²) in [4.78, 5) is 0. The summed E-state index contributed by atoms with van der Waals surface area (Å²) in [7, 11) is 0. The van der Waals surface area contributed by atoms with Crippen molar-refractivity contribution in [1.29, 1.82) is 0 Å². The molecule has 2 heteroatoms. The van der Waals surface area contributed by atoms with Gasteiger partial charge in [-0.05, 0) is 31.1 Å². The van der Waals surface area contributed by atoms with E-state index in [0.29, 0.717) is 6.04 Å². The lowest BCUT2D eigenvalue weighted by Crippen LogP contribution is -2.42. The Balaban J connectivity index is 2.22. The summed E-state index contributed by atoms with van der Waals surface area (Å²) in [5, 5.41) is 0. The molecule has 0 radical (unpaired) electrons. The van der Waals surface area contributed by atoms with Crippen molar-refractivity contribution in [2.75, 3.05) is 0 Å². The molecule has 1 fully saturated rings. The van der Waals surface area contributed by atoms with Crippen molar-refractivity contribution >= 4 is 0 Å². The van der Waals surface area contributed by atoms with Gasteiger partial charge in [-0.3, -0.25) is 11.3 Å². The van der Waals surface area contributed by atoms with E-state index >= 15 is 0 Å². The third-order valence-electron chi connectivity index (χ3n) is 4.80. The smallest absolute Gasteiger partial charge is 0.0238 e. The molecule has 3 N–H and O–H groups in total. The second-order valence-electron chi connectivity index (χ2n) is 6.18. The van der Waals surface area contributed by atoms with Crippen LogP contribution >= 0.6 is 0 Å². The van der Waals surface area contributed by atoms with Crippen LogP contribution in [0, 0.1) is 11.8 Å². The number of rotatable bonds is 9. The molecule has 3 unspecified atom stereocenters. The van der Waals surface area contributed by atoms with Crippen LogP contribution in [0.4, 0.5) is 0 Å². The molecule has 2 nitrogen and oxygen atoms in total. The van der Waals surface area contributed by atoms with Gasteiger partial charge in [0, 0.05) is 6.04 Å². The second-order valence-corrected chi connectivity index (χ2v) is 6.18. The Morgan fingerprint density at radius 1 is 1.11 bits per heavy atom. The van der Waals surface area contributed by atoms with E-state index in [1.165, 1.54) is 70.6 Å². The Hall–Kier alpha value is -0.0800. The molecule has 0 saturated heterocycles. The Morgan fingerprint density at radius 3 is 2.56 bits per heavy atom. The molecule has 0 heterocycles. The summed E-state index contributed by atoms with van der Waals surface area (Å²) < 4.78 is 0. The van der Waals surface area contributed by atoms with Crippen LogP contribution in [-0.4, -0.2) is 6.04 Å². The maximum absolute atomic E-state index is 5.78. The van der Waals surface area contributed by atoms with Crippen molar-refractivity contribution in [1.82, 2.24) is 5.43 Å². The van der Waals surface area contributed by atoms with E-state index in [0.717, 1.165) is 11.8 Å². The standard InChI is InChI=1S/C16H34N2/c1-3-5-6-7-8-12-16(18-17)15-11-9-10-14(4-2)13-15/h14-16,18H,3-13,17H2,1-2H3. The van der Waals surface area contributed by atoms with Crippen molar-refractivity contribution in [3.05, 3.63) is 0 Å². The topological polar surface area (TPSA) is 38.0 Å². The van der Waals surface area contributed by atoms with Crippen LogP contribution in [0.5, 0.6) is 0 Å². The van der Waals surface area contributed by atoms with Gasteiger partial charge in [0.25, 0.3) is 0 Å². The van der Waals surface area contributed by atoms with Gasteiger partial charge in [-0.2, -0.15) is 0 Å². The SMILES string of the molecule is CCCCCCCC(NN)C1CCCC(CC)C1. The van der Waals surface area contributed by atoms with Gasteiger partial charge in [0.05, 0.1) is 0 Å². The van der Waals surface area contributed by atoms with Crippen molar-refractivity contribution in [3.63, 3.8) is 0 Å². The van der Waals surface area contributed by atoms with E-state index in [2.05, 4.69) is 19.3 Å². The summed E-state index contributed by atoms with van der Waals surface area (Å²) in [6, 6.07) is 0.570. The molecule has 0 amide bonds. The summed E-state index contributed by atoms with van der Waals surface area (Å²) in [6.45, 7) is 4.61. The molecule has 0 aliphatic heterocycles. The van der Waals surface area contributed by atoms with Crippen LogP contribution in [0.15, 0.2) is 0 Å². The third-order valence-corrected chi connectivity index (χ3v) is 4.80. The van der Waals surface area contributed by atoms with Gasteiger partial charge in [-0.15, -0.1) is 0 Å². The van der Waals surface area contributed by atoms with Gasteiger partial charge >= 0.3 is 0 Å². The molecule has 0 aromatic rings. The molecule has 1 saturated carbocycles. The predicted molar refractivity (Wildman–Crippen MR) is 80.2 cm³/mol. The molecule has 1 aliphatic carbocycles. The average Bonchev–Trinajstić information content (AvgIpc) is 2.43. The molecule has 18 heavy (non-hydrogen) atoms. The number of nitrogens with one attached hydrogen (secondary N) is 1. The Bertz CT molecular complexity index is 194. The number of hydrazine groups is 1. The highest BCUT2D eigenvalue weighted by atomic mass is 15.2. The molecular weight excluding hydrogens is 220 g/mol. The van der Waals surface area contributed by atoms with Crippen LogP contribution in [0.1, 0.15) is 84.5 Å². The lowest BCUT2D eigenvalue weighted by Gasteiger charge is -2.34. The summed E-state index contributed by atoms with van der Waals surface area (Å²) in [5.74, 6) is 7.57. The van der Waals surface area contributed by atoms with E-state index < -0.39 is 0 Å². The molecule has 1 rings (SSSR count). The molecule has 0 aromatic heterocycles. The molecule has 3 atom stereocenters. The van der Waals surface area contributed by atoms with Crippen LogP contribution in [0.25, 0.3) is 0 Å². The quantitative estimate of drug-likeness (QED) is 0.364. The van der Waals surface area contributed by atoms with Gasteiger partial charge in [0.2, 0.25) is 0 Å². The van der Waals surface area contributed by atoms with Gasteiger partial charge in [-0.25, -0.2) is 0 Å². The van der Waals surface area contributed by atoms with Crippen LogP contribution in [0.3, 0.4) is 0 Å². The molecule has 0 aromatic carbocycles. The van der Waals surface area contributed by atoms with E-state index in [1.807, 2.05) is 0 Å². The van der Waals surface area contributed by atoms with E-state index in [1.54, 1.807) is 0 Å². The summed E-state index contributed by atoms with van der Waals surface area (Å²) >= 11 is 0. The fraction of sp³-hybridized carbons (Fsp3) is 1.00. The third kappa shape index (κ3) is 5.71. The highest BCUT2D eigenvalue weighted by Gasteiger charge is 2.26. The number of nitrogens with two attached hydrogens (primary N) is 1. The Morgan fingerprint density at radius 2 is 1.89 bits per heavy atom. The Labute approximate surface area is 114 Å². The molecule has 0 bridgehead atoms. The zero-order valence-corrected chi connectivity index (χ0v) is 12.6. The Kier molecular flexibility index (Phi) is 8.70. The zero-order valence-electron chi connectivity index (χ0n) is 12.6. The van der Waals surface area contributed by atoms with Crippen molar-refractivity contribution < 1.29 is 0 Å². The van der Waals surface area contributed by atoms with Gasteiger partial charge < -0.3 is 0 Å². The summed E-state index contributed by atoms with van der Waals surface area (Å²) in [6.07, 6.45) is 15.1. The monoisotopic (exact) mass is 254 g/mol. The van der Waals surface area contributed by atoms with E-state index in [-0.39, 0.29) is 0 Å². The largest absolute Gasteiger partial charge is 0.271 e. The highest BCUT2D eigenvalue weighted by Crippen LogP contribution is 2.34. The minimum atomic E-state index is 0.570. The minimum absolute atomic E-state index is 0.570. The molecule has 0 spiro atoms. The van der Waals surface area contributed by atoms with Crippen molar-refractivity contribution in [2.24, 2.45) is 17.7 Å². The van der Waals surface area contributed by atoms with Gasteiger partial charge in [0.15, 0.2) is 0 Å². The molecular formula is C16H34N2. The lowest BCUT2D eigenvalue weighted by atomic mass is 9.76. The fourth-order valence-corrected chi connectivity index (χ4v) is 3.49. The van der Waals surface area contributed by atoms with Crippen LogP contribution in [0.2, 0.25) is 0 Å². The molecule has 108 valence electrons. The number of unbranched alkanes of at least 4 members (excludes halogenated alkanes) is 4. The predicted octanol–water partition coefficient (Wildman–Crippen LogP) is 4.40. The first kappa shape index (κ1) is 16.0. The average molecular weight is 254 g/mol. The van der Waals surface area contributed by atoms with E-state index in [9.17, 15) is 0 Å². The normalized spacial score (nSPS) is 26.2. The first-order valence-electron chi connectivity index (χ1n) is 8.27. The first-order valence-corrected chi connectivity index (χ1v) is 8.27. The summed E-state index contributed by atoms with van der Waals surface area (Å²) in [5.41, 5.74) is 3.11. The van der Waals surface area contributed by atoms with E-state index in [4.69, 9.17) is 5.84 Å². The first-order chi connectivity index (χ1) is 8.81. The number of hydrogen-bond donors (Lipinski definition) is 2.